The molecule has 0 fully saturated rings. The minimum Gasteiger partial charge on any atom is -0.497 e. The molecule has 15 heteroatoms. The van der Waals surface area contributed by atoms with Gasteiger partial charge in [-0.1, -0.05) is 72.8 Å². The molecule has 0 saturated carbocycles. The van der Waals surface area contributed by atoms with Crippen LogP contribution >= 0.6 is 0 Å². The number of nitrogens with one attached hydrogen (secondary N) is 6. The Morgan fingerprint density at radius 1 is 0.449 bits per heavy atom. The summed E-state index contributed by atoms with van der Waals surface area (Å²) >= 11 is 0. The number of para-hydroxylation sites is 4. The summed E-state index contributed by atoms with van der Waals surface area (Å²) in [5.41, 5.74) is 13.6. The Hall–Kier alpha value is -10.4. The molecule has 1 amide bonds. The van der Waals surface area contributed by atoms with E-state index in [1.165, 1.54) is 43.4 Å². The third-order valence-electron chi connectivity index (χ3n) is 13.6. The number of nitrogens with zero attached hydrogens (tertiary/aromatic N) is 5. The monoisotopic (exact) mass is 1030 g/mol. The number of methoxy groups -OCH3 is 1. The fraction of sp³-hybridized carbons (Fsp3) is 0.0952. The van der Waals surface area contributed by atoms with Crippen molar-refractivity contribution in [2.24, 2.45) is 0 Å². The number of ether oxygens (including phenoxy) is 2. The number of aryl methyl sites for hydroxylation is 2. The van der Waals surface area contributed by atoms with E-state index in [-0.39, 0.29) is 11.9 Å². The molecule has 0 radical (unpaired) electrons. The topological polar surface area (TPSA) is 208 Å². The lowest BCUT2D eigenvalue weighted by molar-refractivity contribution is 0.0519. The van der Waals surface area contributed by atoms with Gasteiger partial charge in [-0.2, -0.15) is 0 Å². The largest absolute Gasteiger partial charge is 0.497 e. The summed E-state index contributed by atoms with van der Waals surface area (Å²) < 4.78 is 10.2. The van der Waals surface area contributed by atoms with Crippen LogP contribution in [-0.4, -0.2) is 82.5 Å². The fourth-order valence-electron chi connectivity index (χ4n) is 9.75. The molecule has 0 saturated heterocycles. The van der Waals surface area contributed by atoms with E-state index in [1.54, 1.807) is 39.5 Å². The van der Waals surface area contributed by atoms with Gasteiger partial charge in [0, 0.05) is 108 Å². The molecule has 10 heterocycles. The Morgan fingerprint density at radius 3 is 1.42 bits per heavy atom. The number of hydrogen-bond acceptors (Lipinski definition) is 9. The van der Waals surface area contributed by atoms with Crippen LogP contribution in [-0.2, 0) is 4.74 Å². The Labute approximate surface area is 446 Å². The first-order valence-electron chi connectivity index (χ1n) is 25.3. The van der Waals surface area contributed by atoms with Gasteiger partial charge in [0.15, 0.2) is 0 Å². The number of hydrogen-bond donors (Lipinski definition) is 6. The zero-order valence-electron chi connectivity index (χ0n) is 43.4. The summed E-state index contributed by atoms with van der Waals surface area (Å²) in [4.78, 5) is 60.7. The highest BCUT2D eigenvalue weighted by molar-refractivity contribution is 6.11. The van der Waals surface area contributed by atoms with E-state index in [1.807, 2.05) is 130 Å². The van der Waals surface area contributed by atoms with Crippen molar-refractivity contribution in [3.8, 4) is 5.75 Å². The van der Waals surface area contributed by atoms with Gasteiger partial charge in [0.25, 0.3) is 5.91 Å². The lowest BCUT2D eigenvalue weighted by Gasteiger charge is -2.00. The molecule has 0 aliphatic heterocycles. The summed E-state index contributed by atoms with van der Waals surface area (Å²) in [5.74, 6) is 0.312. The Balaban J connectivity index is 0.000000104. The Kier molecular flexibility index (Phi) is 13.9. The van der Waals surface area contributed by atoms with Gasteiger partial charge in [0.05, 0.1) is 76.8 Å². The summed E-state index contributed by atoms with van der Waals surface area (Å²) in [6.07, 6.45) is 10.7. The van der Waals surface area contributed by atoms with Crippen molar-refractivity contribution in [3.63, 3.8) is 0 Å². The third kappa shape index (κ3) is 9.86. The maximum Gasteiger partial charge on any atom is 0.356 e. The van der Waals surface area contributed by atoms with E-state index in [2.05, 4.69) is 104 Å². The Bertz CT molecular complexity index is 4610. The van der Waals surface area contributed by atoms with E-state index in [0.717, 1.165) is 82.8 Å². The molecule has 0 atom stereocenters. The molecule has 0 aliphatic rings. The number of carbonyl (C=O) groups excluding carboxylic acids is 2. The van der Waals surface area contributed by atoms with Crippen molar-refractivity contribution >= 4 is 121 Å². The lowest BCUT2D eigenvalue weighted by Crippen LogP contribution is -2.18. The maximum absolute atomic E-state index is 11.7. The van der Waals surface area contributed by atoms with Crippen LogP contribution in [0.5, 0.6) is 5.75 Å². The molecule has 5 aromatic carbocycles. The molecular formula is C63H53N11O4. The van der Waals surface area contributed by atoms with E-state index >= 15 is 0 Å². The van der Waals surface area contributed by atoms with Crippen LogP contribution in [0.25, 0.3) is 109 Å². The molecule has 0 spiro atoms. The van der Waals surface area contributed by atoms with Crippen molar-refractivity contribution in [2.45, 2.75) is 20.8 Å². The lowest BCUT2D eigenvalue weighted by atomic mass is 10.1. The minimum absolute atomic E-state index is 0.169. The predicted octanol–water partition coefficient (Wildman–Crippen LogP) is 13.7. The SMILES string of the molecule is CCOC(=O)c1cc2c(cn1)[nH]c1ccccc12.CNC(=O)c1cc2c(cn1)[nH]c1ccccc12.COc1ccc2c(c1)[nH]c1c(C)nccc12.Cc1nccc2c1[nH]c1ccccc12.c1ccc2c(c1)[nH]c1cnccc12. The predicted molar refractivity (Wildman–Crippen MR) is 313 cm³/mol. The van der Waals surface area contributed by atoms with Gasteiger partial charge in [-0.3, -0.25) is 19.7 Å². The highest BCUT2D eigenvalue weighted by atomic mass is 16.5. The van der Waals surface area contributed by atoms with Gasteiger partial charge in [0.2, 0.25) is 0 Å². The van der Waals surface area contributed by atoms with Crippen molar-refractivity contribution in [2.75, 3.05) is 20.8 Å². The summed E-state index contributed by atoms with van der Waals surface area (Å²) in [6, 6.07) is 48.3. The number of fused-ring (bicyclic) bond motifs is 15. The number of H-pyrrole nitrogens is 5. The van der Waals surface area contributed by atoms with Gasteiger partial charge in [0.1, 0.15) is 17.1 Å². The molecule has 0 aliphatic carbocycles. The van der Waals surface area contributed by atoms with Crippen LogP contribution < -0.4 is 10.1 Å². The van der Waals surface area contributed by atoms with Crippen molar-refractivity contribution < 1.29 is 19.1 Å². The number of pyridine rings is 5. The minimum atomic E-state index is -0.385. The van der Waals surface area contributed by atoms with Crippen LogP contribution in [0.2, 0.25) is 0 Å². The number of carbonyl (C=O) groups is 2. The van der Waals surface area contributed by atoms with Crippen LogP contribution in [0, 0.1) is 13.8 Å². The summed E-state index contributed by atoms with van der Waals surface area (Å²) in [6.45, 7) is 6.17. The zero-order chi connectivity index (χ0) is 53.7. The number of aromatic amines is 5. The highest BCUT2D eigenvalue weighted by Gasteiger charge is 2.13. The van der Waals surface area contributed by atoms with Crippen LogP contribution in [0.4, 0.5) is 0 Å². The average molecular weight is 1030 g/mol. The number of benzene rings is 5. The normalized spacial score (nSPS) is 11.0. The van der Waals surface area contributed by atoms with Crippen molar-refractivity contribution in [3.05, 3.63) is 206 Å². The fourth-order valence-corrected chi connectivity index (χ4v) is 9.75. The zero-order valence-corrected chi connectivity index (χ0v) is 43.4. The standard InChI is InChI=1S/C14H12N2O2.C13H11N3O.C13H12N2O.C12H10N2.C11H8N2/c1-2-18-14(17)12-7-10-9-5-3-4-6-11(9)16-13(10)8-15-12;1-14-13(17)11-6-9-8-4-2-3-5-10(8)16-12(9)7-15-11;1-8-13-11(5-6-14-8)10-4-3-9(16-2)7-12(10)15-13;1-8-12-10(6-7-13-8)9-4-2-3-5-11(9)14-12;1-2-4-10-8(3-1)9-5-6-12-7-11(9)13-10/h3-8,16H,2H2,1H3;2-7,16H,1H3,(H,14,17);3-7,15H,1-2H3;2-7,14H,1H3;1-7,13H. The van der Waals surface area contributed by atoms with Gasteiger partial charge in [-0.25, -0.2) is 14.8 Å². The van der Waals surface area contributed by atoms with Gasteiger partial charge >= 0.3 is 5.97 Å². The van der Waals surface area contributed by atoms with Crippen LogP contribution in [0.1, 0.15) is 39.3 Å². The number of rotatable bonds is 4. The first-order valence-corrected chi connectivity index (χ1v) is 25.3. The first-order chi connectivity index (χ1) is 38.2. The van der Waals surface area contributed by atoms with E-state index in [9.17, 15) is 9.59 Å². The second-order valence-electron chi connectivity index (χ2n) is 18.3. The number of aromatic nitrogens is 10. The van der Waals surface area contributed by atoms with Gasteiger partial charge < -0.3 is 39.7 Å². The molecule has 384 valence electrons. The van der Waals surface area contributed by atoms with E-state index in [0.29, 0.717) is 18.0 Å². The van der Waals surface area contributed by atoms with Gasteiger partial charge in [-0.15, -0.1) is 0 Å². The molecule has 6 N–H and O–H groups in total. The molecule has 15 rings (SSSR count). The summed E-state index contributed by atoms with van der Waals surface area (Å²) in [7, 11) is 3.28. The van der Waals surface area contributed by atoms with E-state index in [4.69, 9.17) is 9.47 Å². The molecule has 78 heavy (non-hydrogen) atoms. The number of esters is 1. The van der Waals surface area contributed by atoms with Gasteiger partial charge in [-0.05, 0) is 87.5 Å². The average Bonchev–Trinajstić information content (AvgIpc) is 4.40. The van der Waals surface area contributed by atoms with Crippen LogP contribution in [0.15, 0.2) is 183 Å². The van der Waals surface area contributed by atoms with Crippen LogP contribution in [0.3, 0.4) is 0 Å². The molecule has 0 bridgehead atoms. The quantitative estimate of drug-likeness (QED) is 0.0926. The second kappa shape index (κ2) is 21.8. The Morgan fingerprint density at radius 2 is 0.885 bits per heavy atom. The third-order valence-corrected chi connectivity index (χ3v) is 13.6. The smallest absolute Gasteiger partial charge is 0.356 e. The van der Waals surface area contributed by atoms with E-state index < -0.39 is 0 Å². The van der Waals surface area contributed by atoms with Crippen molar-refractivity contribution in [1.82, 2.24) is 55.2 Å². The molecule has 10 aromatic heterocycles. The maximum atomic E-state index is 11.7. The number of amides is 1. The summed E-state index contributed by atoms with van der Waals surface area (Å²) in [5, 5.41) is 14.2. The highest BCUT2D eigenvalue weighted by Crippen LogP contribution is 2.31. The van der Waals surface area contributed by atoms with Crippen molar-refractivity contribution in [1.29, 1.82) is 0 Å². The molecule has 0 unspecified atom stereocenters. The second-order valence-corrected chi connectivity index (χ2v) is 18.3. The molecule has 15 nitrogen and oxygen atoms in total. The first kappa shape index (κ1) is 49.8. The molecule has 15 aromatic rings. The molecular weight excluding hydrogens is 975 g/mol.